The molecule has 1 aliphatic heterocycles. The number of nitrogens with zero attached hydrogens (tertiary/aromatic N) is 1. The van der Waals surface area contributed by atoms with Crippen LogP contribution in [0.25, 0.3) is 0 Å². The molecule has 0 bridgehead atoms. The van der Waals surface area contributed by atoms with E-state index in [9.17, 15) is 0 Å². The molecular formula is C11H15ClN2O. The van der Waals surface area contributed by atoms with E-state index in [1.165, 1.54) is 0 Å². The summed E-state index contributed by atoms with van der Waals surface area (Å²) in [5.41, 5.74) is 0. The summed E-state index contributed by atoms with van der Waals surface area (Å²) in [5, 5.41) is 3.99. The molecule has 1 saturated heterocycles. The average Bonchev–Trinajstić information content (AvgIpc) is 2.30. The number of aromatic nitrogens is 1. The lowest BCUT2D eigenvalue weighted by molar-refractivity contribution is 0.0699. The molecule has 0 atom stereocenters. The number of nitrogens with one attached hydrogen (secondary N) is 1. The largest absolute Gasteiger partial charge is 0.381 e. The minimum absolute atomic E-state index is 0.673. The average molecular weight is 227 g/mol. The van der Waals surface area contributed by atoms with E-state index in [0.29, 0.717) is 10.9 Å². The SMILES string of the molecule is Clc1ccc(NCC2CCOCC2)nc1. The third-order valence-corrected chi connectivity index (χ3v) is 2.86. The van der Waals surface area contributed by atoms with Crippen molar-refractivity contribution in [1.82, 2.24) is 4.98 Å². The van der Waals surface area contributed by atoms with Crippen molar-refractivity contribution >= 4 is 17.4 Å². The van der Waals surface area contributed by atoms with Gasteiger partial charge in [0.2, 0.25) is 0 Å². The Bertz CT molecular complexity index is 296. The molecule has 0 spiro atoms. The monoisotopic (exact) mass is 226 g/mol. The molecule has 0 unspecified atom stereocenters. The van der Waals surface area contributed by atoms with Gasteiger partial charge in [-0.25, -0.2) is 4.98 Å². The maximum Gasteiger partial charge on any atom is 0.125 e. The Kier molecular flexibility index (Phi) is 3.80. The summed E-state index contributed by atoms with van der Waals surface area (Å²) in [5.74, 6) is 1.60. The first-order valence-corrected chi connectivity index (χ1v) is 5.65. The molecular weight excluding hydrogens is 212 g/mol. The number of hydrogen-bond donors (Lipinski definition) is 1. The first-order valence-electron chi connectivity index (χ1n) is 5.28. The third kappa shape index (κ3) is 3.36. The molecule has 1 aromatic heterocycles. The van der Waals surface area contributed by atoms with E-state index in [1.54, 1.807) is 6.20 Å². The number of anilines is 1. The van der Waals surface area contributed by atoms with Gasteiger partial charge in [-0.1, -0.05) is 11.6 Å². The van der Waals surface area contributed by atoms with E-state index >= 15 is 0 Å². The van der Waals surface area contributed by atoms with E-state index in [0.717, 1.165) is 38.4 Å². The lowest BCUT2D eigenvalue weighted by atomic mass is 10.0. The van der Waals surface area contributed by atoms with Gasteiger partial charge >= 0.3 is 0 Å². The van der Waals surface area contributed by atoms with Crippen molar-refractivity contribution in [2.75, 3.05) is 25.1 Å². The number of rotatable bonds is 3. The zero-order chi connectivity index (χ0) is 10.5. The van der Waals surface area contributed by atoms with Crippen molar-refractivity contribution in [2.45, 2.75) is 12.8 Å². The first-order chi connectivity index (χ1) is 7.34. The second kappa shape index (κ2) is 5.33. The second-order valence-corrected chi connectivity index (χ2v) is 4.23. The van der Waals surface area contributed by atoms with Crippen molar-refractivity contribution < 1.29 is 4.74 Å². The van der Waals surface area contributed by atoms with Crippen LogP contribution in [0.2, 0.25) is 5.02 Å². The van der Waals surface area contributed by atoms with E-state index < -0.39 is 0 Å². The summed E-state index contributed by atoms with van der Waals surface area (Å²) in [7, 11) is 0. The lowest BCUT2D eigenvalue weighted by Gasteiger charge is -2.22. The smallest absolute Gasteiger partial charge is 0.125 e. The Morgan fingerprint density at radius 2 is 2.20 bits per heavy atom. The van der Waals surface area contributed by atoms with E-state index in [-0.39, 0.29) is 0 Å². The minimum Gasteiger partial charge on any atom is -0.381 e. The molecule has 4 heteroatoms. The number of hydrogen-bond acceptors (Lipinski definition) is 3. The third-order valence-electron chi connectivity index (χ3n) is 2.64. The van der Waals surface area contributed by atoms with E-state index in [1.807, 2.05) is 12.1 Å². The topological polar surface area (TPSA) is 34.1 Å². The molecule has 1 aliphatic rings. The van der Waals surface area contributed by atoms with Crippen LogP contribution in [-0.4, -0.2) is 24.7 Å². The predicted octanol–water partition coefficient (Wildman–Crippen LogP) is 2.57. The summed E-state index contributed by atoms with van der Waals surface area (Å²) in [6.07, 6.45) is 3.94. The molecule has 3 nitrogen and oxygen atoms in total. The molecule has 2 heterocycles. The lowest BCUT2D eigenvalue weighted by Crippen LogP contribution is -2.22. The Labute approximate surface area is 94.8 Å². The predicted molar refractivity (Wildman–Crippen MR) is 61.3 cm³/mol. The molecule has 0 radical (unpaired) electrons. The summed E-state index contributed by atoms with van der Waals surface area (Å²) in [6, 6.07) is 3.75. The van der Waals surface area contributed by atoms with Gasteiger partial charge in [0.05, 0.1) is 5.02 Å². The van der Waals surface area contributed by atoms with E-state index in [4.69, 9.17) is 16.3 Å². The van der Waals surface area contributed by atoms with Gasteiger partial charge in [-0.15, -0.1) is 0 Å². The zero-order valence-corrected chi connectivity index (χ0v) is 9.33. The van der Waals surface area contributed by atoms with Crippen LogP contribution in [0.1, 0.15) is 12.8 Å². The number of ether oxygens (including phenoxy) is 1. The van der Waals surface area contributed by atoms with Crippen LogP contribution in [-0.2, 0) is 4.74 Å². The van der Waals surface area contributed by atoms with Crippen LogP contribution < -0.4 is 5.32 Å². The highest BCUT2D eigenvalue weighted by Crippen LogP contribution is 2.16. The Hall–Kier alpha value is -0.800. The molecule has 0 amide bonds. The fraction of sp³-hybridized carbons (Fsp3) is 0.545. The Morgan fingerprint density at radius 3 is 2.87 bits per heavy atom. The molecule has 2 rings (SSSR count). The molecule has 0 aromatic carbocycles. The summed E-state index contributed by atoms with van der Waals surface area (Å²) in [4.78, 5) is 4.19. The summed E-state index contributed by atoms with van der Waals surface area (Å²) in [6.45, 7) is 2.75. The number of halogens is 1. The highest BCUT2D eigenvalue weighted by Gasteiger charge is 2.13. The quantitative estimate of drug-likeness (QED) is 0.860. The van der Waals surface area contributed by atoms with Gasteiger partial charge in [0, 0.05) is 26.0 Å². The van der Waals surface area contributed by atoms with Gasteiger partial charge in [0.25, 0.3) is 0 Å². The molecule has 1 aromatic rings. The minimum atomic E-state index is 0.673. The number of pyridine rings is 1. The first kappa shape index (κ1) is 10.7. The summed E-state index contributed by atoms with van der Waals surface area (Å²) < 4.78 is 5.31. The fourth-order valence-electron chi connectivity index (χ4n) is 1.68. The van der Waals surface area contributed by atoms with Crippen LogP contribution in [0, 0.1) is 5.92 Å². The highest BCUT2D eigenvalue weighted by atomic mass is 35.5. The van der Waals surface area contributed by atoms with Crippen LogP contribution >= 0.6 is 11.6 Å². The van der Waals surface area contributed by atoms with Crippen molar-refractivity contribution in [3.05, 3.63) is 23.4 Å². The van der Waals surface area contributed by atoms with Crippen LogP contribution in [0.3, 0.4) is 0 Å². The molecule has 0 aliphatic carbocycles. The van der Waals surface area contributed by atoms with Gasteiger partial charge in [-0.3, -0.25) is 0 Å². The fourth-order valence-corrected chi connectivity index (χ4v) is 1.79. The maximum atomic E-state index is 5.75. The second-order valence-electron chi connectivity index (χ2n) is 3.80. The van der Waals surface area contributed by atoms with Crippen LogP contribution in [0.15, 0.2) is 18.3 Å². The highest BCUT2D eigenvalue weighted by molar-refractivity contribution is 6.30. The van der Waals surface area contributed by atoms with Gasteiger partial charge in [0.1, 0.15) is 5.82 Å². The van der Waals surface area contributed by atoms with Crippen molar-refractivity contribution in [3.63, 3.8) is 0 Å². The normalized spacial score (nSPS) is 17.7. The molecule has 1 fully saturated rings. The van der Waals surface area contributed by atoms with Gasteiger partial charge in [-0.2, -0.15) is 0 Å². The van der Waals surface area contributed by atoms with Crippen molar-refractivity contribution in [3.8, 4) is 0 Å². The molecule has 82 valence electrons. The standard InChI is InChI=1S/C11H15ClN2O/c12-10-1-2-11(14-8-10)13-7-9-3-5-15-6-4-9/h1-2,8-9H,3-7H2,(H,13,14). The van der Waals surface area contributed by atoms with Crippen LogP contribution in [0.4, 0.5) is 5.82 Å². The Morgan fingerprint density at radius 1 is 1.40 bits per heavy atom. The van der Waals surface area contributed by atoms with Crippen molar-refractivity contribution in [1.29, 1.82) is 0 Å². The Balaban J connectivity index is 1.79. The van der Waals surface area contributed by atoms with Gasteiger partial charge in [0.15, 0.2) is 0 Å². The van der Waals surface area contributed by atoms with Gasteiger partial charge in [-0.05, 0) is 30.9 Å². The summed E-state index contributed by atoms with van der Waals surface area (Å²) >= 11 is 5.75. The molecule has 1 N–H and O–H groups in total. The molecule has 15 heavy (non-hydrogen) atoms. The van der Waals surface area contributed by atoms with Gasteiger partial charge < -0.3 is 10.1 Å². The maximum absolute atomic E-state index is 5.75. The van der Waals surface area contributed by atoms with Crippen LogP contribution in [0.5, 0.6) is 0 Å². The van der Waals surface area contributed by atoms with Crippen molar-refractivity contribution in [2.24, 2.45) is 5.92 Å². The molecule has 0 saturated carbocycles. The van der Waals surface area contributed by atoms with E-state index in [2.05, 4.69) is 10.3 Å². The zero-order valence-electron chi connectivity index (χ0n) is 8.58.